The minimum absolute atomic E-state index is 0.145. The van der Waals surface area contributed by atoms with E-state index in [9.17, 15) is 0 Å². The number of aromatic nitrogens is 2. The van der Waals surface area contributed by atoms with Crippen LogP contribution in [0.5, 0.6) is 0 Å². The summed E-state index contributed by atoms with van der Waals surface area (Å²) in [6, 6.07) is 2.08. The summed E-state index contributed by atoms with van der Waals surface area (Å²) in [4.78, 5) is 4.46. The van der Waals surface area contributed by atoms with Crippen molar-refractivity contribution in [1.29, 1.82) is 0 Å². The van der Waals surface area contributed by atoms with Crippen molar-refractivity contribution in [3.05, 3.63) is 34.1 Å². The van der Waals surface area contributed by atoms with E-state index in [-0.39, 0.29) is 11.5 Å². The molecule has 1 fully saturated rings. The topological polar surface area (TPSA) is 64.9 Å². The molecule has 0 bridgehead atoms. The summed E-state index contributed by atoms with van der Waals surface area (Å²) in [6.45, 7) is 2.07. The molecule has 0 saturated heterocycles. The van der Waals surface area contributed by atoms with Gasteiger partial charge in [0.1, 0.15) is 0 Å². The normalized spacial score (nSPS) is 19.9. The molecule has 0 radical (unpaired) electrons. The molecule has 1 unspecified atom stereocenters. The average Bonchev–Trinajstić information content (AvgIpc) is 2.95. The molecule has 90 valence electrons. The van der Waals surface area contributed by atoms with Crippen LogP contribution >= 0.6 is 11.3 Å². The van der Waals surface area contributed by atoms with Gasteiger partial charge in [-0.2, -0.15) is 16.3 Å². The van der Waals surface area contributed by atoms with E-state index in [2.05, 4.69) is 33.9 Å². The van der Waals surface area contributed by atoms with E-state index < -0.39 is 0 Å². The molecule has 1 aliphatic rings. The van der Waals surface area contributed by atoms with Gasteiger partial charge in [-0.15, -0.1) is 0 Å². The van der Waals surface area contributed by atoms with E-state index >= 15 is 0 Å². The Morgan fingerprint density at radius 2 is 2.35 bits per heavy atom. The van der Waals surface area contributed by atoms with Crippen molar-refractivity contribution >= 4 is 11.3 Å². The third-order valence-corrected chi connectivity index (χ3v) is 4.25. The smallest absolute Gasteiger partial charge is 0.234 e. The van der Waals surface area contributed by atoms with Crippen LogP contribution in [0.4, 0.5) is 0 Å². The van der Waals surface area contributed by atoms with Crippen molar-refractivity contribution in [2.24, 2.45) is 5.73 Å². The maximum absolute atomic E-state index is 6.17. The quantitative estimate of drug-likeness (QED) is 0.908. The van der Waals surface area contributed by atoms with Crippen LogP contribution < -0.4 is 5.73 Å². The zero-order valence-electron chi connectivity index (χ0n) is 9.72. The van der Waals surface area contributed by atoms with E-state index in [1.165, 1.54) is 5.56 Å². The van der Waals surface area contributed by atoms with Gasteiger partial charge in [0, 0.05) is 0 Å². The van der Waals surface area contributed by atoms with Crippen molar-refractivity contribution in [2.75, 3.05) is 0 Å². The zero-order valence-corrected chi connectivity index (χ0v) is 10.5. The van der Waals surface area contributed by atoms with Gasteiger partial charge in [0.2, 0.25) is 5.89 Å². The summed E-state index contributed by atoms with van der Waals surface area (Å²) in [6.07, 6.45) is 3.07. The lowest BCUT2D eigenvalue weighted by atomic mass is 9.77. The molecule has 2 aromatic heterocycles. The number of nitrogens with two attached hydrogens (primary N) is 1. The lowest BCUT2D eigenvalue weighted by Crippen LogP contribution is -2.44. The fourth-order valence-electron chi connectivity index (χ4n) is 2.06. The predicted octanol–water partition coefficient (Wildman–Crippen LogP) is 2.62. The average molecular weight is 249 g/mol. The molecule has 2 N–H and O–H groups in total. The van der Waals surface area contributed by atoms with Crippen LogP contribution in [-0.4, -0.2) is 10.1 Å². The van der Waals surface area contributed by atoms with Crippen LogP contribution in [0.15, 0.2) is 21.3 Å². The highest BCUT2D eigenvalue weighted by atomic mass is 32.1. The highest BCUT2D eigenvalue weighted by molar-refractivity contribution is 7.07. The van der Waals surface area contributed by atoms with E-state index in [1.54, 1.807) is 11.3 Å². The first-order chi connectivity index (χ1) is 8.19. The Morgan fingerprint density at radius 1 is 1.53 bits per heavy atom. The van der Waals surface area contributed by atoms with Crippen molar-refractivity contribution < 1.29 is 4.52 Å². The number of hydrogen-bond donors (Lipinski definition) is 1. The maximum atomic E-state index is 6.17. The molecule has 1 saturated carbocycles. The van der Waals surface area contributed by atoms with Gasteiger partial charge in [-0.25, -0.2) is 0 Å². The number of thiophene rings is 1. The number of hydrogen-bond acceptors (Lipinski definition) is 5. The molecule has 0 aromatic carbocycles. The zero-order chi connectivity index (χ0) is 11.9. The highest BCUT2D eigenvalue weighted by Crippen LogP contribution is 2.37. The first-order valence-electron chi connectivity index (χ1n) is 5.84. The molecule has 0 amide bonds. The van der Waals surface area contributed by atoms with E-state index in [1.807, 2.05) is 0 Å². The predicted molar refractivity (Wildman–Crippen MR) is 65.9 cm³/mol. The van der Waals surface area contributed by atoms with Crippen LogP contribution in [-0.2, 0) is 5.54 Å². The molecule has 4 nitrogen and oxygen atoms in total. The lowest BCUT2D eigenvalue weighted by Gasteiger charge is -2.34. The molecule has 1 atom stereocenters. The second-order valence-corrected chi connectivity index (χ2v) is 5.52. The van der Waals surface area contributed by atoms with Crippen molar-refractivity contribution in [3.63, 3.8) is 0 Å². The monoisotopic (exact) mass is 249 g/mol. The van der Waals surface area contributed by atoms with E-state index in [0.717, 1.165) is 19.3 Å². The third kappa shape index (κ3) is 1.79. The van der Waals surface area contributed by atoms with Crippen molar-refractivity contribution in [2.45, 2.75) is 37.6 Å². The van der Waals surface area contributed by atoms with Gasteiger partial charge in [-0.05, 0) is 48.6 Å². The maximum Gasteiger partial charge on any atom is 0.234 e. The molecule has 2 aromatic rings. The summed E-state index contributed by atoms with van der Waals surface area (Å²) in [5.41, 5.74) is 7.05. The Hall–Kier alpha value is -1.20. The van der Waals surface area contributed by atoms with Crippen LogP contribution in [0.1, 0.15) is 49.4 Å². The summed E-state index contributed by atoms with van der Waals surface area (Å²) >= 11 is 1.68. The Labute approximate surface area is 104 Å². The van der Waals surface area contributed by atoms with Crippen LogP contribution in [0, 0.1) is 0 Å². The third-order valence-electron chi connectivity index (χ3n) is 3.55. The van der Waals surface area contributed by atoms with Gasteiger partial charge >= 0.3 is 0 Å². The summed E-state index contributed by atoms with van der Waals surface area (Å²) in [5, 5.41) is 8.20. The minimum Gasteiger partial charge on any atom is -0.339 e. The number of nitrogens with zero attached hydrogens (tertiary/aromatic N) is 2. The molecule has 2 heterocycles. The van der Waals surface area contributed by atoms with Crippen LogP contribution in [0.25, 0.3) is 0 Å². The SMILES string of the molecule is CC(c1ccsc1)c1nc(C2(N)CCC2)no1. The Bertz CT molecular complexity index is 502. The van der Waals surface area contributed by atoms with Gasteiger partial charge in [0.25, 0.3) is 0 Å². The van der Waals surface area contributed by atoms with Gasteiger partial charge in [-0.1, -0.05) is 5.16 Å². The van der Waals surface area contributed by atoms with Gasteiger partial charge in [-0.3, -0.25) is 0 Å². The fraction of sp³-hybridized carbons (Fsp3) is 0.500. The fourth-order valence-corrected chi connectivity index (χ4v) is 2.81. The summed E-state index contributed by atoms with van der Waals surface area (Å²) < 4.78 is 5.34. The standard InChI is InChI=1S/C12H15N3OS/c1-8(9-3-6-17-7-9)10-14-11(15-16-10)12(13)4-2-5-12/h3,6-8H,2,4-5,13H2,1H3. The molecular weight excluding hydrogens is 234 g/mol. The Morgan fingerprint density at radius 3 is 2.94 bits per heavy atom. The molecule has 1 aliphatic carbocycles. The van der Waals surface area contributed by atoms with Crippen molar-refractivity contribution in [3.8, 4) is 0 Å². The van der Waals surface area contributed by atoms with E-state index in [4.69, 9.17) is 10.3 Å². The number of rotatable bonds is 3. The Kier molecular flexibility index (Phi) is 2.52. The van der Waals surface area contributed by atoms with Gasteiger partial charge < -0.3 is 10.3 Å². The van der Waals surface area contributed by atoms with Crippen LogP contribution in [0.3, 0.4) is 0 Å². The lowest BCUT2D eigenvalue weighted by molar-refractivity contribution is 0.228. The highest BCUT2D eigenvalue weighted by Gasteiger charge is 2.39. The van der Waals surface area contributed by atoms with E-state index in [0.29, 0.717) is 11.7 Å². The second kappa shape index (κ2) is 3.92. The molecule has 5 heteroatoms. The van der Waals surface area contributed by atoms with Gasteiger partial charge in [0.05, 0.1) is 11.5 Å². The first-order valence-corrected chi connectivity index (χ1v) is 6.78. The molecule has 3 rings (SSSR count). The van der Waals surface area contributed by atoms with Crippen LogP contribution in [0.2, 0.25) is 0 Å². The second-order valence-electron chi connectivity index (χ2n) is 4.74. The first kappa shape index (κ1) is 10.9. The van der Waals surface area contributed by atoms with Gasteiger partial charge in [0.15, 0.2) is 5.82 Å². The molecular formula is C12H15N3OS. The Balaban J connectivity index is 1.85. The summed E-state index contributed by atoms with van der Waals surface area (Å²) in [5.74, 6) is 1.47. The minimum atomic E-state index is -0.337. The van der Waals surface area contributed by atoms with Crippen molar-refractivity contribution in [1.82, 2.24) is 10.1 Å². The summed E-state index contributed by atoms with van der Waals surface area (Å²) in [7, 11) is 0. The molecule has 17 heavy (non-hydrogen) atoms. The molecule has 0 spiro atoms. The molecule has 0 aliphatic heterocycles. The largest absolute Gasteiger partial charge is 0.339 e.